The minimum Gasteiger partial charge on any atom is -0.481 e. The molecule has 1 N–H and O–H groups in total. The van der Waals surface area contributed by atoms with Gasteiger partial charge < -0.3 is 10.0 Å². The van der Waals surface area contributed by atoms with Crippen LogP contribution < -0.4 is 0 Å². The van der Waals surface area contributed by atoms with Crippen LogP contribution in [0.25, 0.3) is 0 Å². The normalized spacial score (nSPS) is 14.5. The van der Waals surface area contributed by atoms with E-state index < -0.39 is 5.97 Å². The summed E-state index contributed by atoms with van der Waals surface area (Å²) in [7, 11) is 0. The maximum absolute atomic E-state index is 12.2. The molecule has 1 fully saturated rings. The number of rotatable bonds is 6. The van der Waals surface area contributed by atoms with Gasteiger partial charge in [-0.3, -0.25) is 9.59 Å². The summed E-state index contributed by atoms with van der Waals surface area (Å²) in [6, 6.07) is 3.38. The van der Waals surface area contributed by atoms with Crippen LogP contribution in [-0.2, 0) is 4.79 Å². The summed E-state index contributed by atoms with van der Waals surface area (Å²) in [5.74, 6) is -0.453. The number of carboxylic acid groups (broad SMARTS) is 1. The number of aliphatic carboxylic acids is 1. The van der Waals surface area contributed by atoms with E-state index in [1.807, 2.05) is 0 Å². The second-order valence-corrected chi connectivity index (χ2v) is 6.16. The average Bonchev–Trinajstić information content (AvgIpc) is 3.03. The van der Waals surface area contributed by atoms with Crippen LogP contribution in [0.4, 0.5) is 0 Å². The molecule has 4 nitrogen and oxygen atoms in total. The van der Waals surface area contributed by atoms with Gasteiger partial charge >= 0.3 is 5.97 Å². The smallest absolute Gasteiger partial charge is 0.305 e. The van der Waals surface area contributed by atoms with E-state index in [0.717, 1.165) is 12.8 Å². The molecule has 2 rings (SSSR count). The number of carboxylic acids is 1. The molecule has 1 saturated carbocycles. The Morgan fingerprint density at radius 1 is 1.44 bits per heavy atom. The van der Waals surface area contributed by atoms with E-state index >= 15 is 0 Å². The highest BCUT2D eigenvalue weighted by molar-refractivity contribution is 7.17. The van der Waals surface area contributed by atoms with Crippen LogP contribution in [0.5, 0.6) is 0 Å². The first-order chi connectivity index (χ1) is 8.56. The largest absolute Gasteiger partial charge is 0.481 e. The van der Waals surface area contributed by atoms with Crippen LogP contribution in [0.2, 0.25) is 4.34 Å². The second kappa shape index (κ2) is 5.71. The summed E-state index contributed by atoms with van der Waals surface area (Å²) in [5, 5.41) is 8.71. The van der Waals surface area contributed by atoms with Gasteiger partial charge in [-0.05, 0) is 30.9 Å². The summed E-state index contributed by atoms with van der Waals surface area (Å²) in [6.07, 6.45) is 2.24. The third kappa shape index (κ3) is 3.71. The Labute approximate surface area is 114 Å². The Morgan fingerprint density at radius 2 is 2.17 bits per heavy atom. The van der Waals surface area contributed by atoms with Crippen molar-refractivity contribution >= 4 is 34.8 Å². The van der Waals surface area contributed by atoms with Crippen molar-refractivity contribution in [3.8, 4) is 0 Å². The molecule has 18 heavy (non-hydrogen) atoms. The number of hydrogen-bond donors (Lipinski definition) is 1. The van der Waals surface area contributed by atoms with Gasteiger partial charge in [0.2, 0.25) is 0 Å². The quantitative estimate of drug-likeness (QED) is 0.875. The number of hydrogen-bond acceptors (Lipinski definition) is 3. The van der Waals surface area contributed by atoms with Gasteiger partial charge in [0.25, 0.3) is 5.91 Å². The Hall–Kier alpha value is -1.07. The second-order valence-electron chi connectivity index (χ2n) is 4.44. The fourth-order valence-electron chi connectivity index (χ4n) is 1.70. The van der Waals surface area contributed by atoms with Gasteiger partial charge in [-0.15, -0.1) is 11.3 Å². The monoisotopic (exact) mass is 287 g/mol. The minimum absolute atomic E-state index is 0.0163. The maximum Gasteiger partial charge on any atom is 0.305 e. The standard InChI is InChI=1S/C12H14ClNO3S/c13-10-4-3-9(18-10)12(17)14(6-5-11(15)16)7-8-1-2-8/h3-4,8H,1-2,5-7H2,(H,15,16). The van der Waals surface area contributed by atoms with Crippen molar-refractivity contribution in [2.75, 3.05) is 13.1 Å². The number of carbonyl (C=O) groups is 2. The number of carbonyl (C=O) groups excluding carboxylic acids is 1. The Kier molecular flexibility index (Phi) is 4.24. The van der Waals surface area contributed by atoms with Gasteiger partial charge in [-0.1, -0.05) is 11.6 Å². The van der Waals surface area contributed by atoms with E-state index in [0.29, 0.717) is 21.7 Å². The molecule has 0 atom stereocenters. The molecule has 0 aliphatic heterocycles. The third-order valence-electron chi connectivity index (χ3n) is 2.84. The number of nitrogens with zero attached hydrogens (tertiary/aromatic N) is 1. The van der Waals surface area contributed by atoms with Gasteiger partial charge in [-0.25, -0.2) is 0 Å². The van der Waals surface area contributed by atoms with Crippen molar-refractivity contribution in [3.63, 3.8) is 0 Å². The minimum atomic E-state index is -0.882. The molecule has 1 heterocycles. The molecule has 6 heteroatoms. The predicted octanol–water partition coefficient (Wildman–Crippen LogP) is 2.73. The molecule has 98 valence electrons. The van der Waals surface area contributed by atoms with E-state index in [9.17, 15) is 9.59 Å². The van der Waals surface area contributed by atoms with E-state index in [4.69, 9.17) is 16.7 Å². The van der Waals surface area contributed by atoms with Gasteiger partial charge in [0, 0.05) is 13.1 Å². The van der Waals surface area contributed by atoms with Crippen LogP contribution in [0.3, 0.4) is 0 Å². The highest BCUT2D eigenvalue weighted by atomic mass is 35.5. The molecule has 1 aromatic heterocycles. The molecular weight excluding hydrogens is 274 g/mol. The zero-order chi connectivity index (χ0) is 13.1. The molecule has 1 aliphatic rings. The van der Waals surface area contributed by atoms with Gasteiger partial charge in [0.05, 0.1) is 15.6 Å². The van der Waals surface area contributed by atoms with Gasteiger partial charge in [0.15, 0.2) is 0 Å². The molecule has 0 spiro atoms. The first-order valence-corrected chi connectivity index (χ1v) is 7.02. The molecule has 1 aliphatic carbocycles. The topological polar surface area (TPSA) is 57.6 Å². The lowest BCUT2D eigenvalue weighted by Gasteiger charge is -2.21. The summed E-state index contributed by atoms with van der Waals surface area (Å²) >= 11 is 7.04. The molecule has 0 aromatic carbocycles. The third-order valence-corrected chi connectivity index (χ3v) is 4.06. The molecule has 1 aromatic rings. The lowest BCUT2D eigenvalue weighted by atomic mass is 10.3. The van der Waals surface area contributed by atoms with Gasteiger partial charge in [0.1, 0.15) is 0 Å². The lowest BCUT2D eigenvalue weighted by Crippen LogP contribution is -2.34. The average molecular weight is 288 g/mol. The number of amides is 1. The van der Waals surface area contributed by atoms with Crippen molar-refractivity contribution in [3.05, 3.63) is 21.3 Å². The molecule has 0 unspecified atom stereocenters. The van der Waals surface area contributed by atoms with Crippen LogP contribution in [0.1, 0.15) is 28.9 Å². The van der Waals surface area contributed by atoms with Gasteiger partial charge in [-0.2, -0.15) is 0 Å². The molecule has 1 amide bonds. The first-order valence-electron chi connectivity index (χ1n) is 5.82. The predicted molar refractivity (Wildman–Crippen MR) is 70.2 cm³/mol. The van der Waals surface area contributed by atoms with Crippen molar-refractivity contribution in [2.45, 2.75) is 19.3 Å². The van der Waals surface area contributed by atoms with E-state index in [1.165, 1.54) is 11.3 Å². The molecule has 0 saturated heterocycles. The summed E-state index contributed by atoms with van der Waals surface area (Å²) in [5.41, 5.74) is 0. The van der Waals surface area contributed by atoms with Crippen LogP contribution in [0, 0.1) is 5.92 Å². The summed E-state index contributed by atoms with van der Waals surface area (Å²) in [4.78, 5) is 25.0. The fourth-order valence-corrected chi connectivity index (χ4v) is 2.71. The van der Waals surface area contributed by atoms with Crippen molar-refractivity contribution < 1.29 is 14.7 Å². The lowest BCUT2D eigenvalue weighted by molar-refractivity contribution is -0.137. The number of thiophene rings is 1. The number of halogens is 1. The zero-order valence-corrected chi connectivity index (χ0v) is 11.3. The molecular formula is C12H14ClNO3S. The Morgan fingerprint density at radius 3 is 2.67 bits per heavy atom. The van der Waals surface area contributed by atoms with E-state index in [-0.39, 0.29) is 18.9 Å². The van der Waals surface area contributed by atoms with Crippen LogP contribution in [-0.4, -0.2) is 35.0 Å². The van der Waals surface area contributed by atoms with Crippen LogP contribution in [0.15, 0.2) is 12.1 Å². The van der Waals surface area contributed by atoms with Crippen molar-refractivity contribution in [2.24, 2.45) is 5.92 Å². The fraction of sp³-hybridized carbons (Fsp3) is 0.500. The summed E-state index contributed by atoms with van der Waals surface area (Å²) in [6.45, 7) is 0.918. The Balaban J connectivity index is 2.01. The van der Waals surface area contributed by atoms with E-state index in [1.54, 1.807) is 17.0 Å². The zero-order valence-electron chi connectivity index (χ0n) is 9.76. The summed E-state index contributed by atoms with van der Waals surface area (Å²) < 4.78 is 0.572. The highest BCUT2D eigenvalue weighted by Gasteiger charge is 2.28. The van der Waals surface area contributed by atoms with Crippen molar-refractivity contribution in [1.82, 2.24) is 4.90 Å². The first kappa shape index (κ1) is 13.4. The highest BCUT2D eigenvalue weighted by Crippen LogP contribution is 2.31. The molecule has 0 radical (unpaired) electrons. The Bertz CT molecular complexity index is 456. The van der Waals surface area contributed by atoms with E-state index in [2.05, 4.69) is 0 Å². The van der Waals surface area contributed by atoms with Crippen molar-refractivity contribution in [1.29, 1.82) is 0 Å². The maximum atomic E-state index is 12.2. The molecule has 0 bridgehead atoms. The SMILES string of the molecule is O=C(O)CCN(CC1CC1)C(=O)c1ccc(Cl)s1. The van der Waals surface area contributed by atoms with Crippen LogP contribution >= 0.6 is 22.9 Å².